The molecule has 0 bridgehead atoms. The second kappa shape index (κ2) is 13.1. The van der Waals surface area contributed by atoms with E-state index in [1.807, 2.05) is 18.2 Å². The summed E-state index contributed by atoms with van der Waals surface area (Å²) in [5, 5.41) is 24.5. The minimum atomic E-state index is -1.51. The van der Waals surface area contributed by atoms with Crippen molar-refractivity contribution in [1.29, 1.82) is 0 Å². The van der Waals surface area contributed by atoms with Gasteiger partial charge in [-0.2, -0.15) is 0 Å². The Kier molecular flexibility index (Phi) is 10.6. The predicted octanol–water partition coefficient (Wildman–Crippen LogP) is 1.70. The lowest BCUT2D eigenvalue weighted by atomic mass is 9.80. The summed E-state index contributed by atoms with van der Waals surface area (Å²) < 4.78 is 5.50. The molecule has 33 heavy (non-hydrogen) atoms. The molecule has 0 radical (unpaired) electrons. The van der Waals surface area contributed by atoms with Crippen LogP contribution in [0.2, 0.25) is 0 Å². The standard InChI is InChI=1S/C25H35BN2O5/c1-25(2,3)33-24(30)22(10-7-17-27-18-20-8-5-4-6-9-20)28-23(29)16-13-19-11-14-21(15-12-19)26(31)32/h4-6,8-9,11-12,14-15,22,27,31-32H,7,10,13,16-18H2,1-3H3,(H,28,29). The van der Waals surface area contributed by atoms with Crippen LogP contribution in [-0.4, -0.2) is 47.2 Å². The highest BCUT2D eigenvalue weighted by Gasteiger charge is 2.26. The maximum Gasteiger partial charge on any atom is 0.488 e. The number of amides is 1. The van der Waals surface area contributed by atoms with Crippen molar-refractivity contribution >= 4 is 24.5 Å². The molecule has 1 amide bonds. The van der Waals surface area contributed by atoms with Crippen molar-refractivity contribution in [2.75, 3.05) is 6.54 Å². The van der Waals surface area contributed by atoms with Gasteiger partial charge in [0.1, 0.15) is 11.6 Å². The fraction of sp³-hybridized carbons (Fsp3) is 0.440. The lowest BCUT2D eigenvalue weighted by molar-refractivity contribution is -0.158. The van der Waals surface area contributed by atoms with E-state index in [0.717, 1.165) is 12.1 Å². The van der Waals surface area contributed by atoms with Crippen LogP contribution in [0.4, 0.5) is 0 Å². The van der Waals surface area contributed by atoms with Gasteiger partial charge in [0.2, 0.25) is 5.91 Å². The lowest BCUT2D eigenvalue weighted by Gasteiger charge is -2.24. The molecule has 0 aromatic heterocycles. The van der Waals surface area contributed by atoms with Gasteiger partial charge in [0.15, 0.2) is 0 Å². The van der Waals surface area contributed by atoms with Gasteiger partial charge >= 0.3 is 13.1 Å². The molecule has 0 saturated carbocycles. The number of nitrogens with one attached hydrogen (secondary N) is 2. The lowest BCUT2D eigenvalue weighted by Crippen LogP contribution is -2.44. The predicted molar refractivity (Wildman–Crippen MR) is 130 cm³/mol. The van der Waals surface area contributed by atoms with Crippen molar-refractivity contribution in [3.05, 3.63) is 65.7 Å². The average molecular weight is 454 g/mol. The van der Waals surface area contributed by atoms with E-state index in [-0.39, 0.29) is 12.3 Å². The Morgan fingerprint density at radius 1 is 1.00 bits per heavy atom. The van der Waals surface area contributed by atoms with Crippen LogP contribution in [0, 0.1) is 0 Å². The van der Waals surface area contributed by atoms with Crippen LogP contribution in [0.15, 0.2) is 54.6 Å². The first-order valence-corrected chi connectivity index (χ1v) is 11.4. The second-order valence-electron chi connectivity index (χ2n) is 9.07. The third-order valence-electron chi connectivity index (χ3n) is 4.96. The second-order valence-corrected chi connectivity index (χ2v) is 9.07. The summed E-state index contributed by atoms with van der Waals surface area (Å²) in [5.74, 6) is -0.658. The molecule has 2 aromatic carbocycles. The number of hydrogen-bond donors (Lipinski definition) is 4. The SMILES string of the molecule is CC(C)(C)OC(=O)C(CCCNCc1ccccc1)NC(=O)CCc1ccc(B(O)O)cc1. The van der Waals surface area contributed by atoms with Crippen molar-refractivity contribution in [1.82, 2.24) is 10.6 Å². The van der Waals surface area contributed by atoms with Crippen molar-refractivity contribution in [2.24, 2.45) is 0 Å². The van der Waals surface area contributed by atoms with Gasteiger partial charge in [-0.15, -0.1) is 0 Å². The third-order valence-corrected chi connectivity index (χ3v) is 4.96. The summed E-state index contributed by atoms with van der Waals surface area (Å²) >= 11 is 0. The number of ether oxygens (including phenoxy) is 1. The van der Waals surface area contributed by atoms with Gasteiger partial charge in [-0.25, -0.2) is 4.79 Å². The van der Waals surface area contributed by atoms with Crippen LogP contribution in [0.5, 0.6) is 0 Å². The number of benzene rings is 2. The Morgan fingerprint density at radius 2 is 1.67 bits per heavy atom. The van der Waals surface area contributed by atoms with Crippen LogP contribution in [-0.2, 0) is 27.3 Å². The molecule has 7 nitrogen and oxygen atoms in total. The molecular weight excluding hydrogens is 419 g/mol. The zero-order valence-corrected chi connectivity index (χ0v) is 19.7. The van der Waals surface area contributed by atoms with E-state index in [4.69, 9.17) is 4.74 Å². The Balaban J connectivity index is 1.84. The van der Waals surface area contributed by atoms with E-state index in [9.17, 15) is 19.6 Å². The molecule has 0 saturated heterocycles. The molecule has 1 unspecified atom stereocenters. The fourth-order valence-corrected chi connectivity index (χ4v) is 3.26. The molecule has 0 aliphatic carbocycles. The molecule has 2 rings (SSSR count). The summed E-state index contributed by atoms with van der Waals surface area (Å²) in [6.45, 7) is 6.87. The van der Waals surface area contributed by atoms with Crippen LogP contribution in [0.25, 0.3) is 0 Å². The zero-order valence-electron chi connectivity index (χ0n) is 19.7. The summed E-state index contributed by atoms with van der Waals surface area (Å²) in [5.41, 5.74) is 1.85. The first-order valence-electron chi connectivity index (χ1n) is 11.4. The van der Waals surface area contributed by atoms with Gasteiger partial charge < -0.3 is 25.4 Å². The maximum absolute atomic E-state index is 12.7. The molecule has 2 aromatic rings. The number of aryl methyl sites for hydroxylation is 1. The monoisotopic (exact) mass is 454 g/mol. The summed E-state index contributed by atoms with van der Waals surface area (Å²) in [4.78, 5) is 25.2. The normalized spacial score (nSPS) is 12.2. The summed E-state index contributed by atoms with van der Waals surface area (Å²) in [6.07, 6.45) is 1.88. The Hall–Kier alpha value is -2.68. The van der Waals surface area contributed by atoms with Crippen LogP contribution in [0.1, 0.15) is 51.2 Å². The third kappa shape index (κ3) is 10.7. The van der Waals surface area contributed by atoms with Gasteiger partial charge in [0, 0.05) is 13.0 Å². The van der Waals surface area contributed by atoms with Crippen LogP contribution < -0.4 is 16.1 Å². The van der Waals surface area contributed by atoms with E-state index in [1.165, 1.54) is 5.56 Å². The highest BCUT2D eigenvalue weighted by atomic mass is 16.6. The molecule has 0 aliphatic rings. The van der Waals surface area contributed by atoms with Crippen molar-refractivity contribution < 1.29 is 24.4 Å². The largest absolute Gasteiger partial charge is 0.488 e. The minimum Gasteiger partial charge on any atom is -0.458 e. The maximum atomic E-state index is 12.7. The zero-order chi connectivity index (χ0) is 24.3. The summed E-state index contributed by atoms with van der Waals surface area (Å²) in [7, 11) is -1.51. The van der Waals surface area contributed by atoms with E-state index in [0.29, 0.717) is 31.3 Å². The number of carbonyl (C=O) groups is 2. The van der Waals surface area contributed by atoms with E-state index < -0.39 is 24.7 Å². The molecule has 0 spiro atoms. The molecular formula is C25H35BN2O5. The van der Waals surface area contributed by atoms with Crippen molar-refractivity contribution in [3.8, 4) is 0 Å². The number of carbonyl (C=O) groups excluding carboxylic acids is 2. The number of hydrogen-bond acceptors (Lipinski definition) is 6. The molecule has 8 heteroatoms. The van der Waals surface area contributed by atoms with Gasteiger partial charge in [-0.1, -0.05) is 54.6 Å². The van der Waals surface area contributed by atoms with Gasteiger partial charge in [-0.3, -0.25) is 4.79 Å². The van der Waals surface area contributed by atoms with Crippen LogP contribution >= 0.6 is 0 Å². The quantitative estimate of drug-likeness (QED) is 0.221. The molecule has 0 heterocycles. The first kappa shape index (κ1) is 26.6. The smallest absolute Gasteiger partial charge is 0.458 e. The summed E-state index contributed by atoms with van der Waals surface area (Å²) in [6, 6.07) is 16.1. The van der Waals surface area contributed by atoms with E-state index >= 15 is 0 Å². The molecule has 0 fully saturated rings. The number of rotatable bonds is 12. The molecule has 0 aliphatic heterocycles. The molecule has 1 atom stereocenters. The van der Waals surface area contributed by atoms with E-state index in [1.54, 1.807) is 45.0 Å². The Morgan fingerprint density at radius 3 is 2.27 bits per heavy atom. The highest BCUT2D eigenvalue weighted by molar-refractivity contribution is 6.58. The van der Waals surface area contributed by atoms with Crippen LogP contribution in [0.3, 0.4) is 0 Å². The minimum absolute atomic E-state index is 0.215. The van der Waals surface area contributed by atoms with E-state index in [2.05, 4.69) is 22.8 Å². The Labute approximate surface area is 196 Å². The van der Waals surface area contributed by atoms with Gasteiger partial charge in [0.05, 0.1) is 0 Å². The number of esters is 1. The topological polar surface area (TPSA) is 108 Å². The Bertz CT molecular complexity index is 867. The molecule has 178 valence electrons. The van der Waals surface area contributed by atoms with Crippen molar-refractivity contribution in [2.45, 2.75) is 64.6 Å². The first-order chi connectivity index (χ1) is 15.6. The fourth-order valence-electron chi connectivity index (χ4n) is 3.26. The highest BCUT2D eigenvalue weighted by Crippen LogP contribution is 2.11. The van der Waals surface area contributed by atoms with Gasteiger partial charge in [0.25, 0.3) is 0 Å². The molecule has 4 N–H and O–H groups in total. The van der Waals surface area contributed by atoms with Crippen molar-refractivity contribution in [3.63, 3.8) is 0 Å². The average Bonchev–Trinajstić information content (AvgIpc) is 2.76. The van der Waals surface area contributed by atoms with Gasteiger partial charge in [-0.05, 0) is 63.2 Å².